The lowest BCUT2D eigenvalue weighted by atomic mass is 10.2. The fraction of sp³-hybridized carbons (Fsp3) is 0.500. The van der Waals surface area contributed by atoms with Gasteiger partial charge in [0.15, 0.2) is 17.6 Å². The van der Waals surface area contributed by atoms with E-state index in [0.29, 0.717) is 11.5 Å². The molecule has 1 amide bonds. The third-order valence-electron chi connectivity index (χ3n) is 4.38. The number of carbonyl (C=O) groups excluding carboxylic acids is 2. The first-order valence-corrected chi connectivity index (χ1v) is 8.94. The number of esters is 1. The Morgan fingerprint density at radius 2 is 1.69 bits per heavy atom. The molecule has 1 aliphatic rings. The van der Waals surface area contributed by atoms with Crippen LogP contribution >= 0.6 is 0 Å². The van der Waals surface area contributed by atoms with Crippen molar-refractivity contribution in [2.24, 2.45) is 0 Å². The SMILES string of the molecule is COc1ccc(/C=C/C(=O)OC(C)C(=O)N2CCCCCC2)cc1OC. The number of nitrogens with zero attached hydrogens (tertiary/aromatic N) is 1. The van der Waals surface area contributed by atoms with Crippen LogP contribution in [-0.2, 0) is 14.3 Å². The first-order chi connectivity index (χ1) is 12.5. The molecule has 26 heavy (non-hydrogen) atoms. The molecule has 1 heterocycles. The minimum atomic E-state index is -0.782. The van der Waals surface area contributed by atoms with Crippen molar-refractivity contribution < 1.29 is 23.8 Å². The van der Waals surface area contributed by atoms with E-state index in [0.717, 1.165) is 44.3 Å². The highest BCUT2D eigenvalue weighted by molar-refractivity contribution is 5.90. The zero-order valence-corrected chi connectivity index (χ0v) is 15.7. The van der Waals surface area contributed by atoms with E-state index in [2.05, 4.69) is 0 Å². The molecule has 2 rings (SSSR count). The smallest absolute Gasteiger partial charge is 0.331 e. The molecule has 1 fully saturated rings. The predicted octanol–water partition coefficient (Wildman–Crippen LogP) is 3.05. The van der Waals surface area contributed by atoms with Gasteiger partial charge in [0, 0.05) is 19.2 Å². The second-order valence-corrected chi connectivity index (χ2v) is 6.27. The van der Waals surface area contributed by atoms with Crippen LogP contribution in [-0.4, -0.2) is 50.2 Å². The van der Waals surface area contributed by atoms with E-state index in [1.54, 1.807) is 50.3 Å². The highest BCUT2D eigenvalue weighted by atomic mass is 16.5. The Morgan fingerprint density at radius 3 is 2.31 bits per heavy atom. The third kappa shape index (κ3) is 5.51. The van der Waals surface area contributed by atoms with Gasteiger partial charge in [0.1, 0.15) is 0 Å². The van der Waals surface area contributed by atoms with E-state index >= 15 is 0 Å². The largest absolute Gasteiger partial charge is 0.493 e. The molecule has 142 valence electrons. The summed E-state index contributed by atoms with van der Waals surface area (Å²) < 4.78 is 15.7. The minimum absolute atomic E-state index is 0.125. The minimum Gasteiger partial charge on any atom is -0.493 e. The van der Waals surface area contributed by atoms with Gasteiger partial charge < -0.3 is 19.1 Å². The number of carbonyl (C=O) groups is 2. The van der Waals surface area contributed by atoms with Crippen molar-refractivity contribution in [1.82, 2.24) is 4.90 Å². The Morgan fingerprint density at radius 1 is 1.04 bits per heavy atom. The van der Waals surface area contributed by atoms with Gasteiger partial charge >= 0.3 is 5.97 Å². The first kappa shape index (κ1) is 19.8. The summed E-state index contributed by atoms with van der Waals surface area (Å²) in [6.45, 7) is 3.10. The van der Waals surface area contributed by atoms with Crippen LogP contribution in [0, 0.1) is 0 Å². The lowest BCUT2D eigenvalue weighted by Crippen LogP contribution is -2.40. The van der Waals surface area contributed by atoms with Gasteiger partial charge in [-0.1, -0.05) is 18.9 Å². The van der Waals surface area contributed by atoms with Crippen LogP contribution in [0.4, 0.5) is 0 Å². The molecule has 0 spiro atoms. The summed E-state index contributed by atoms with van der Waals surface area (Å²) in [6.07, 6.45) is 6.45. The molecular weight excluding hydrogens is 334 g/mol. The summed E-state index contributed by atoms with van der Waals surface area (Å²) in [4.78, 5) is 26.2. The maximum absolute atomic E-state index is 12.4. The number of rotatable bonds is 6. The Labute approximate surface area is 154 Å². The zero-order valence-electron chi connectivity index (χ0n) is 15.7. The summed E-state index contributed by atoms with van der Waals surface area (Å²) in [6, 6.07) is 5.32. The predicted molar refractivity (Wildman–Crippen MR) is 99.2 cm³/mol. The van der Waals surface area contributed by atoms with Gasteiger partial charge in [-0.3, -0.25) is 4.79 Å². The average molecular weight is 361 g/mol. The first-order valence-electron chi connectivity index (χ1n) is 8.94. The van der Waals surface area contributed by atoms with Crippen molar-refractivity contribution >= 4 is 18.0 Å². The normalized spacial score (nSPS) is 16.0. The fourth-order valence-electron chi connectivity index (χ4n) is 2.93. The molecule has 0 aromatic heterocycles. The summed E-state index contributed by atoms with van der Waals surface area (Å²) >= 11 is 0. The molecule has 1 aromatic rings. The quantitative estimate of drug-likeness (QED) is 0.576. The molecule has 1 atom stereocenters. The molecule has 0 N–H and O–H groups in total. The summed E-state index contributed by atoms with van der Waals surface area (Å²) in [5, 5.41) is 0. The van der Waals surface area contributed by atoms with Crippen LogP contribution in [0.3, 0.4) is 0 Å². The maximum Gasteiger partial charge on any atom is 0.331 e. The average Bonchev–Trinajstić information content (AvgIpc) is 2.94. The number of hydrogen-bond acceptors (Lipinski definition) is 5. The van der Waals surface area contributed by atoms with Gasteiger partial charge in [-0.2, -0.15) is 0 Å². The van der Waals surface area contributed by atoms with Crippen LogP contribution in [0.5, 0.6) is 11.5 Å². The lowest BCUT2D eigenvalue weighted by molar-refractivity contribution is -0.155. The standard InChI is InChI=1S/C20H27NO5/c1-15(20(23)21-12-6-4-5-7-13-21)26-19(22)11-9-16-8-10-17(24-2)18(14-16)25-3/h8-11,14-15H,4-7,12-13H2,1-3H3/b11-9+. The van der Waals surface area contributed by atoms with Crippen molar-refractivity contribution in [1.29, 1.82) is 0 Å². The molecule has 1 aromatic carbocycles. The summed E-state index contributed by atoms with van der Waals surface area (Å²) in [5.41, 5.74) is 0.770. The van der Waals surface area contributed by atoms with Crippen molar-refractivity contribution in [3.05, 3.63) is 29.8 Å². The number of methoxy groups -OCH3 is 2. The van der Waals surface area contributed by atoms with Crippen LogP contribution < -0.4 is 9.47 Å². The number of likely N-dealkylation sites (tertiary alicyclic amines) is 1. The van der Waals surface area contributed by atoms with Gasteiger partial charge in [0.2, 0.25) is 0 Å². The summed E-state index contributed by atoms with van der Waals surface area (Å²) in [7, 11) is 3.11. The van der Waals surface area contributed by atoms with E-state index in [1.807, 2.05) is 0 Å². The van der Waals surface area contributed by atoms with Gasteiger partial charge in [-0.25, -0.2) is 4.79 Å². The van der Waals surface area contributed by atoms with Crippen molar-refractivity contribution in [3.8, 4) is 11.5 Å². The molecule has 0 radical (unpaired) electrons. The molecule has 6 nitrogen and oxygen atoms in total. The highest BCUT2D eigenvalue weighted by Crippen LogP contribution is 2.28. The second-order valence-electron chi connectivity index (χ2n) is 6.27. The maximum atomic E-state index is 12.4. The van der Waals surface area contributed by atoms with Crippen molar-refractivity contribution in [2.75, 3.05) is 27.3 Å². The topological polar surface area (TPSA) is 65.1 Å². The molecule has 0 aliphatic carbocycles. The molecule has 6 heteroatoms. The van der Waals surface area contributed by atoms with Gasteiger partial charge in [-0.15, -0.1) is 0 Å². The monoisotopic (exact) mass is 361 g/mol. The zero-order chi connectivity index (χ0) is 18.9. The molecular formula is C20H27NO5. The van der Waals surface area contributed by atoms with E-state index in [1.165, 1.54) is 6.08 Å². The molecule has 1 unspecified atom stereocenters. The van der Waals surface area contributed by atoms with Crippen LogP contribution in [0.2, 0.25) is 0 Å². The van der Waals surface area contributed by atoms with Gasteiger partial charge in [-0.05, 0) is 43.5 Å². The molecule has 0 bridgehead atoms. The Balaban J connectivity index is 1.92. The third-order valence-corrected chi connectivity index (χ3v) is 4.38. The van der Waals surface area contributed by atoms with E-state index in [-0.39, 0.29) is 5.91 Å². The molecule has 1 aliphatic heterocycles. The van der Waals surface area contributed by atoms with Crippen molar-refractivity contribution in [2.45, 2.75) is 38.7 Å². The summed E-state index contributed by atoms with van der Waals surface area (Å²) in [5.74, 6) is 0.520. The number of benzene rings is 1. The fourth-order valence-corrected chi connectivity index (χ4v) is 2.93. The Kier molecular flexibility index (Phi) is 7.51. The van der Waals surface area contributed by atoms with Crippen LogP contribution in [0.25, 0.3) is 6.08 Å². The molecule has 0 saturated carbocycles. The lowest BCUT2D eigenvalue weighted by Gasteiger charge is -2.23. The number of amides is 1. The van der Waals surface area contributed by atoms with Crippen molar-refractivity contribution in [3.63, 3.8) is 0 Å². The number of ether oxygens (including phenoxy) is 3. The number of hydrogen-bond donors (Lipinski definition) is 0. The van der Waals surface area contributed by atoms with Gasteiger partial charge in [0.05, 0.1) is 14.2 Å². The van der Waals surface area contributed by atoms with Crippen LogP contribution in [0.15, 0.2) is 24.3 Å². The van der Waals surface area contributed by atoms with Crippen LogP contribution in [0.1, 0.15) is 38.2 Å². The molecule has 1 saturated heterocycles. The van der Waals surface area contributed by atoms with E-state index in [9.17, 15) is 9.59 Å². The second kappa shape index (κ2) is 9.85. The van der Waals surface area contributed by atoms with Gasteiger partial charge in [0.25, 0.3) is 5.91 Å². The van der Waals surface area contributed by atoms with E-state index in [4.69, 9.17) is 14.2 Å². The highest BCUT2D eigenvalue weighted by Gasteiger charge is 2.23. The Bertz CT molecular complexity index is 648. The Hall–Kier alpha value is -2.50. The van der Waals surface area contributed by atoms with E-state index < -0.39 is 12.1 Å².